The zero-order chi connectivity index (χ0) is 11.5. The zero-order valence-electron chi connectivity index (χ0n) is 8.35. The number of hydrogen-bond donors (Lipinski definition) is 1. The first kappa shape index (κ1) is 11.5. The van der Waals surface area contributed by atoms with Gasteiger partial charge < -0.3 is 4.74 Å². The van der Waals surface area contributed by atoms with Crippen LogP contribution in [-0.2, 0) is 10.0 Å². The van der Waals surface area contributed by atoms with Crippen molar-refractivity contribution in [1.29, 1.82) is 0 Å². The minimum atomic E-state index is -3.38. The number of carbonyl (C=O) groups is 1. The van der Waals surface area contributed by atoms with E-state index in [1.54, 1.807) is 6.07 Å². The first-order valence-corrected chi connectivity index (χ1v) is 5.96. The van der Waals surface area contributed by atoms with Crippen molar-refractivity contribution in [2.45, 2.75) is 0 Å². The number of hydrogen-bond acceptors (Lipinski definition) is 4. The maximum atomic E-state index is 11.0. The minimum Gasteiger partial charge on any atom is -0.497 e. The van der Waals surface area contributed by atoms with Gasteiger partial charge in [0.25, 0.3) is 0 Å². The summed E-state index contributed by atoms with van der Waals surface area (Å²) in [6.45, 7) is 0. The second-order valence-electron chi connectivity index (χ2n) is 2.95. The minimum absolute atomic E-state index is 0.236. The third-order valence-corrected chi connectivity index (χ3v) is 2.27. The SMILES string of the molecule is COc1ccc(NS(C)(=O)=O)c(C=O)c1. The fourth-order valence-electron chi connectivity index (χ4n) is 1.06. The van der Waals surface area contributed by atoms with Crippen LogP contribution in [0.3, 0.4) is 0 Å². The first-order chi connectivity index (χ1) is 6.96. The van der Waals surface area contributed by atoms with Crippen LogP contribution < -0.4 is 9.46 Å². The summed E-state index contributed by atoms with van der Waals surface area (Å²) < 4.78 is 29.1. The number of carbonyl (C=O) groups excluding carboxylic acids is 1. The summed E-state index contributed by atoms with van der Waals surface area (Å²) in [6.07, 6.45) is 1.59. The van der Waals surface area contributed by atoms with Gasteiger partial charge in [-0.2, -0.15) is 0 Å². The molecule has 0 saturated heterocycles. The lowest BCUT2D eigenvalue weighted by Crippen LogP contribution is -2.11. The second kappa shape index (κ2) is 4.31. The predicted octanol–water partition coefficient (Wildman–Crippen LogP) is 0.879. The molecule has 0 aromatic heterocycles. The van der Waals surface area contributed by atoms with Gasteiger partial charge in [0.1, 0.15) is 5.75 Å². The fraction of sp³-hybridized carbons (Fsp3) is 0.222. The van der Waals surface area contributed by atoms with E-state index >= 15 is 0 Å². The molecule has 0 fully saturated rings. The molecule has 1 N–H and O–H groups in total. The Hall–Kier alpha value is -1.56. The van der Waals surface area contributed by atoms with Crippen LogP contribution in [0.2, 0.25) is 0 Å². The van der Waals surface area contributed by atoms with E-state index in [9.17, 15) is 13.2 Å². The van der Waals surface area contributed by atoms with Gasteiger partial charge in [0, 0.05) is 5.56 Å². The highest BCUT2D eigenvalue weighted by molar-refractivity contribution is 7.92. The van der Waals surface area contributed by atoms with Crippen LogP contribution in [0.15, 0.2) is 18.2 Å². The van der Waals surface area contributed by atoms with E-state index in [2.05, 4.69) is 4.72 Å². The highest BCUT2D eigenvalue weighted by Crippen LogP contribution is 2.21. The van der Waals surface area contributed by atoms with Crippen molar-refractivity contribution in [2.24, 2.45) is 0 Å². The predicted molar refractivity (Wildman–Crippen MR) is 56.8 cm³/mol. The van der Waals surface area contributed by atoms with Gasteiger partial charge in [-0.05, 0) is 18.2 Å². The van der Waals surface area contributed by atoms with Crippen LogP contribution >= 0.6 is 0 Å². The van der Waals surface area contributed by atoms with E-state index in [1.807, 2.05) is 0 Å². The van der Waals surface area contributed by atoms with Crippen molar-refractivity contribution in [3.63, 3.8) is 0 Å². The molecule has 0 spiro atoms. The first-order valence-electron chi connectivity index (χ1n) is 4.07. The van der Waals surface area contributed by atoms with E-state index in [0.29, 0.717) is 12.0 Å². The van der Waals surface area contributed by atoms with Crippen molar-refractivity contribution in [3.05, 3.63) is 23.8 Å². The standard InChI is InChI=1S/C9H11NO4S/c1-14-8-3-4-9(7(5-8)6-11)10-15(2,12)13/h3-6,10H,1-2H3. The van der Waals surface area contributed by atoms with Crippen molar-refractivity contribution in [2.75, 3.05) is 18.1 Å². The number of aldehydes is 1. The Morgan fingerprint density at radius 3 is 2.53 bits per heavy atom. The maximum Gasteiger partial charge on any atom is 0.229 e. The molecule has 82 valence electrons. The molecule has 0 bridgehead atoms. The Balaban J connectivity index is 3.14. The average Bonchev–Trinajstić information content (AvgIpc) is 2.16. The molecule has 0 saturated carbocycles. The van der Waals surface area contributed by atoms with Crippen LogP contribution in [0, 0.1) is 0 Å². The van der Waals surface area contributed by atoms with Gasteiger partial charge in [0.15, 0.2) is 6.29 Å². The highest BCUT2D eigenvalue weighted by atomic mass is 32.2. The Bertz CT molecular complexity index is 467. The monoisotopic (exact) mass is 229 g/mol. The van der Waals surface area contributed by atoms with Gasteiger partial charge in [-0.1, -0.05) is 0 Å². The van der Waals surface area contributed by atoms with Crippen molar-refractivity contribution in [1.82, 2.24) is 0 Å². The lowest BCUT2D eigenvalue weighted by atomic mass is 10.2. The van der Waals surface area contributed by atoms with Gasteiger partial charge in [0.05, 0.1) is 19.1 Å². The summed E-state index contributed by atoms with van der Waals surface area (Å²) in [7, 11) is -1.91. The van der Waals surface area contributed by atoms with Gasteiger partial charge in [0.2, 0.25) is 10.0 Å². The van der Waals surface area contributed by atoms with Crippen LogP contribution in [0.5, 0.6) is 5.75 Å². The molecule has 0 aliphatic rings. The lowest BCUT2D eigenvalue weighted by Gasteiger charge is -2.07. The molecule has 0 radical (unpaired) electrons. The average molecular weight is 229 g/mol. The Labute approximate surface area is 88.1 Å². The highest BCUT2D eigenvalue weighted by Gasteiger charge is 2.07. The maximum absolute atomic E-state index is 11.0. The fourth-order valence-corrected chi connectivity index (χ4v) is 1.64. The number of methoxy groups -OCH3 is 1. The number of ether oxygens (including phenoxy) is 1. The van der Waals surface area contributed by atoms with Crippen molar-refractivity contribution in [3.8, 4) is 5.75 Å². The van der Waals surface area contributed by atoms with E-state index in [4.69, 9.17) is 4.74 Å². The summed E-state index contributed by atoms with van der Waals surface area (Å²) in [5, 5.41) is 0. The quantitative estimate of drug-likeness (QED) is 0.778. The molecule has 1 rings (SSSR count). The summed E-state index contributed by atoms with van der Waals surface area (Å²) in [5.74, 6) is 0.496. The molecule has 0 heterocycles. The number of nitrogens with one attached hydrogen (secondary N) is 1. The van der Waals surface area contributed by atoms with Crippen LogP contribution in [0.4, 0.5) is 5.69 Å². The summed E-state index contributed by atoms with van der Waals surface area (Å²) >= 11 is 0. The molecular formula is C9H11NO4S. The molecule has 15 heavy (non-hydrogen) atoms. The van der Waals surface area contributed by atoms with E-state index in [-0.39, 0.29) is 11.3 Å². The molecule has 1 aromatic carbocycles. The van der Waals surface area contributed by atoms with E-state index in [0.717, 1.165) is 6.26 Å². The number of rotatable bonds is 4. The zero-order valence-corrected chi connectivity index (χ0v) is 9.17. The normalized spacial score (nSPS) is 10.8. The molecule has 0 unspecified atom stereocenters. The number of sulfonamides is 1. The van der Waals surface area contributed by atoms with E-state index in [1.165, 1.54) is 19.2 Å². The molecule has 0 aliphatic carbocycles. The molecule has 5 nitrogen and oxygen atoms in total. The summed E-state index contributed by atoms with van der Waals surface area (Å²) in [4.78, 5) is 10.7. The third kappa shape index (κ3) is 3.25. The smallest absolute Gasteiger partial charge is 0.229 e. The van der Waals surface area contributed by atoms with E-state index < -0.39 is 10.0 Å². The Morgan fingerprint density at radius 1 is 1.40 bits per heavy atom. The lowest BCUT2D eigenvalue weighted by molar-refractivity contribution is 0.112. The van der Waals surface area contributed by atoms with Crippen LogP contribution in [0.1, 0.15) is 10.4 Å². The van der Waals surface area contributed by atoms with Gasteiger partial charge in [-0.3, -0.25) is 9.52 Å². The number of benzene rings is 1. The van der Waals surface area contributed by atoms with Crippen molar-refractivity contribution >= 4 is 22.0 Å². The Kier molecular flexibility index (Phi) is 3.31. The topological polar surface area (TPSA) is 72.5 Å². The van der Waals surface area contributed by atoms with Gasteiger partial charge >= 0.3 is 0 Å². The van der Waals surface area contributed by atoms with Gasteiger partial charge in [-0.25, -0.2) is 8.42 Å². The largest absolute Gasteiger partial charge is 0.497 e. The molecular weight excluding hydrogens is 218 g/mol. The van der Waals surface area contributed by atoms with Gasteiger partial charge in [-0.15, -0.1) is 0 Å². The Morgan fingerprint density at radius 2 is 2.07 bits per heavy atom. The molecule has 1 aromatic rings. The second-order valence-corrected chi connectivity index (χ2v) is 4.69. The van der Waals surface area contributed by atoms with Crippen LogP contribution in [0.25, 0.3) is 0 Å². The van der Waals surface area contributed by atoms with Crippen LogP contribution in [-0.4, -0.2) is 28.1 Å². The molecule has 0 amide bonds. The summed E-state index contributed by atoms with van der Waals surface area (Å²) in [6, 6.07) is 4.50. The molecule has 6 heteroatoms. The molecule has 0 atom stereocenters. The molecule has 0 aliphatic heterocycles. The number of anilines is 1. The van der Waals surface area contributed by atoms with Crippen molar-refractivity contribution < 1.29 is 17.9 Å². The third-order valence-electron chi connectivity index (χ3n) is 1.68. The summed E-state index contributed by atoms with van der Waals surface area (Å²) in [5.41, 5.74) is 0.480.